The maximum absolute atomic E-state index is 10.9. The second-order valence-electron chi connectivity index (χ2n) is 4.18. The van der Waals surface area contributed by atoms with Gasteiger partial charge in [-0.2, -0.15) is 0 Å². The van der Waals surface area contributed by atoms with Crippen molar-refractivity contribution in [1.29, 1.82) is 0 Å². The van der Waals surface area contributed by atoms with Crippen LogP contribution in [-0.2, 0) is 6.61 Å². The molecular weight excluding hydrogens is 266 g/mol. The first-order valence-electron chi connectivity index (χ1n) is 6.33. The van der Waals surface area contributed by atoms with E-state index in [0.29, 0.717) is 18.8 Å². The van der Waals surface area contributed by atoms with E-state index in [1.165, 1.54) is 19.2 Å². The number of nitrogens with zero attached hydrogens (tertiary/aromatic N) is 1. The molecule has 0 fully saturated rings. The van der Waals surface area contributed by atoms with Crippen LogP contribution in [0.25, 0.3) is 0 Å². The maximum Gasteiger partial charge on any atom is 0.278 e. The third kappa shape index (κ3) is 4.36. The molecule has 0 amide bonds. The summed E-state index contributed by atoms with van der Waals surface area (Å²) in [5.41, 5.74) is -0.0156. The molecule has 7 nitrogen and oxygen atoms in total. The lowest BCUT2D eigenvalue weighted by atomic mass is 10.1. The van der Waals surface area contributed by atoms with E-state index >= 15 is 0 Å². The van der Waals surface area contributed by atoms with Gasteiger partial charge in [-0.05, 0) is 25.3 Å². The van der Waals surface area contributed by atoms with E-state index < -0.39 is 11.5 Å². The van der Waals surface area contributed by atoms with Gasteiger partial charge in [-0.15, -0.1) is 0 Å². The van der Waals surface area contributed by atoms with Crippen molar-refractivity contribution >= 4 is 5.69 Å². The summed E-state index contributed by atoms with van der Waals surface area (Å²) in [5, 5.41) is 28.7. The Morgan fingerprint density at radius 3 is 2.50 bits per heavy atom. The van der Waals surface area contributed by atoms with E-state index in [2.05, 4.69) is 0 Å². The molecule has 0 aliphatic rings. The summed E-state index contributed by atoms with van der Waals surface area (Å²) in [6.45, 7) is 0.0788. The Kier molecular flexibility index (Phi) is 6.75. The lowest BCUT2D eigenvalue weighted by Crippen LogP contribution is -2.03. The zero-order valence-electron chi connectivity index (χ0n) is 11.4. The third-order valence-electron chi connectivity index (χ3n) is 2.79. The molecule has 0 spiro atoms. The normalized spacial score (nSPS) is 10.3. The van der Waals surface area contributed by atoms with Crippen LogP contribution in [-0.4, -0.2) is 35.5 Å². The van der Waals surface area contributed by atoms with Gasteiger partial charge in [0.2, 0.25) is 0 Å². The quantitative estimate of drug-likeness (QED) is 0.406. The van der Waals surface area contributed by atoms with Crippen molar-refractivity contribution in [2.45, 2.75) is 25.9 Å². The SMILES string of the molecule is COc1cc(CO)c([N+](=O)[O-])cc1OCCCCCO. The zero-order valence-corrected chi connectivity index (χ0v) is 11.4. The van der Waals surface area contributed by atoms with Crippen LogP contribution in [0.15, 0.2) is 12.1 Å². The lowest BCUT2D eigenvalue weighted by Gasteiger charge is -2.12. The van der Waals surface area contributed by atoms with Gasteiger partial charge in [-0.1, -0.05) is 0 Å². The first kappa shape index (κ1) is 16.2. The van der Waals surface area contributed by atoms with Crippen molar-refractivity contribution in [2.75, 3.05) is 20.3 Å². The molecule has 7 heteroatoms. The lowest BCUT2D eigenvalue weighted by molar-refractivity contribution is -0.385. The second-order valence-corrected chi connectivity index (χ2v) is 4.18. The summed E-state index contributed by atoms with van der Waals surface area (Å²) >= 11 is 0. The van der Waals surface area contributed by atoms with Gasteiger partial charge >= 0.3 is 0 Å². The van der Waals surface area contributed by atoms with Crippen LogP contribution in [0.1, 0.15) is 24.8 Å². The Hall–Kier alpha value is -1.86. The molecule has 0 aromatic heterocycles. The highest BCUT2D eigenvalue weighted by Crippen LogP contribution is 2.34. The first-order chi connectivity index (χ1) is 9.63. The predicted molar refractivity (Wildman–Crippen MR) is 72.0 cm³/mol. The molecule has 1 rings (SSSR count). The summed E-state index contributed by atoms with van der Waals surface area (Å²) in [6.07, 6.45) is 2.25. The number of aliphatic hydroxyl groups excluding tert-OH is 2. The number of rotatable bonds is 9. The largest absolute Gasteiger partial charge is 0.493 e. The second kappa shape index (κ2) is 8.34. The number of ether oxygens (including phenoxy) is 2. The van der Waals surface area contributed by atoms with Gasteiger partial charge in [0.25, 0.3) is 5.69 Å². The monoisotopic (exact) mass is 285 g/mol. The molecule has 0 saturated carbocycles. The summed E-state index contributed by atoms with van der Waals surface area (Å²) in [7, 11) is 1.43. The van der Waals surface area contributed by atoms with Crippen molar-refractivity contribution in [3.63, 3.8) is 0 Å². The van der Waals surface area contributed by atoms with Crippen molar-refractivity contribution in [2.24, 2.45) is 0 Å². The third-order valence-corrected chi connectivity index (χ3v) is 2.79. The standard InChI is InChI=1S/C13H19NO6/c1-19-12-7-10(9-16)11(14(17)18)8-13(12)20-6-4-2-3-5-15/h7-8,15-16H,2-6,9H2,1H3. The Labute approximate surface area is 116 Å². The molecule has 112 valence electrons. The fourth-order valence-corrected chi connectivity index (χ4v) is 1.73. The molecule has 0 saturated heterocycles. The maximum atomic E-state index is 10.9. The fourth-order valence-electron chi connectivity index (χ4n) is 1.73. The highest BCUT2D eigenvalue weighted by molar-refractivity contribution is 5.54. The van der Waals surface area contributed by atoms with Gasteiger partial charge in [-0.25, -0.2) is 0 Å². The van der Waals surface area contributed by atoms with Crippen LogP contribution in [0.3, 0.4) is 0 Å². The van der Waals surface area contributed by atoms with Gasteiger partial charge in [0.05, 0.1) is 36.9 Å². The van der Waals surface area contributed by atoms with Crippen molar-refractivity contribution < 1.29 is 24.6 Å². The van der Waals surface area contributed by atoms with E-state index in [-0.39, 0.29) is 23.6 Å². The Morgan fingerprint density at radius 1 is 1.20 bits per heavy atom. The number of nitro benzene ring substituents is 1. The zero-order chi connectivity index (χ0) is 15.0. The Morgan fingerprint density at radius 2 is 1.95 bits per heavy atom. The molecule has 0 radical (unpaired) electrons. The minimum absolute atomic E-state index is 0.139. The van der Waals surface area contributed by atoms with Gasteiger partial charge < -0.3 is 19.7 Å². The summed E-state index contributed by atoms with van der Waals surface area (Å²) < 4.78 is 10.6. The highest BCUT2D eigenvalue weighted by Gasteiger charge is 2.19. The van der Waals surface area contributed by atoms with E-state index in [9.17, 15) is 10.1 Å². The Balaban J connectivity index is 2.82. The molecule has 0 unspecified atom stereocenters. The molecule has 0 aliphatic carbocycles. The number of aliphatic hydroxyl groups is 2. The van der Waals surface area contributed by atoms with Crippen LogP contribution in [0.2, 0.25) is 0 Å². The van der Waals surface area contributed by atoms with E-state index in [4.69, 9.17) is 19.7 Å². The fraction of sp³-hybridized carbons (Fsp3) is 0.538. The van der Waals surface area contributed by atoms with Crippen LogP contribution >= 0.6 is 0 Å². The Bertz CT molecular complexity index is 449. The molecule has 0 atom stereocenters. The first-order valence-corrected chi connectivity index (χ1v) is 6.33. The molecule has 20 heavy (non-hydrogen) atoms. The molecule has 0 aliphatic heterocycles. The van der Waals surface area contributed by atoms with E-state index in [1.807, 2.05) is 0 Å². The minimum Gasteiger partial charge on any atom is -0.493 e. The number of benzene rings is 1. The van der Waals surface area contributed by atoms with Crippen LogP contribution in [0, 0.1) is 10.1 Å². The molecule has 1 aromatic carbocycles. The van der Waals surface area contributed by atoms with Crippen LogP contribution in [0.5, 0.6) is 11.5 Å². The predicted octanol–water partition coefficient (Wildman–Crippen LogP) is 1.64. The number of unbranched alkanes of at least 4 members (excludes halogenated alkanes) is 2. The van der Waals surface area contributed by atoms with E-state index in [1.54, 1.807) is 0 Å². The summed E-state index contributed by atoms with van der Waals surface area (Å²) in [4.78, 5) is 10.4. The minimum atomic E-state index is -0.566. The average Bonchev–Trinajstić information content (AvgIpc) is 2.46. The van der Waals surface area contributed by atoms with Crippen LogP contribution in [0.4, 0.5) is 5.69 Å². The number of methoxy groups -OCH3 is 1. The molecule has 0 heterocycles. The molecule has 1 aromatic rings. The molecular formula is C13H19NO6. The summed E-state index contributed by atoms with van der Waals surface area (Å²) in [6, 6.07) is 2.66. The average molecular weight is 285 g/mol. The number of nitro groups is 1. The highest BCUT2D eigenvalue weighted by atomic mass is 16.6. The molecule has 0 bridgehead atoms. The summed E-state index contributed by atoms with van der Waals surface area (Å²) in [5.74, 6) is 0.627. The van der Waals surface area contributed by atoms with Crippen molar-refractivity contribution in [1.82, 2.24) is 0 Å². The van der Waals surface area contributed by atoms with Gasteiger partial charge in [-0.3, -0.25) is 10.1 Å². The van der Waals surface area contributed by atoms with Gasteiger partial charge in [0, 0.05) is 6.61 Å². The number of hydrogen-bond acceptors (Lipinski definition) is 6. The smallest absolute Gasteiger partial charge is 0.278 e. The number of hydrogen-bond donors (Lipinski definition) is 2. The van der Waals surface area contributed by atoms with Crippen LogP contribution < -0.4 is 9.47 Å². The van der Waals surface area contributed by atoms with Gasteiger partial charge in [0.1, 0.15) is 0 Å². The topological polar surface area (TPSA) is 102 Å². The van der Waals surface area contributed by atoms with E-state index in [0.717, 1.165) is 12.8 Å². The molecule has 2 N–H and O–H groups in total. The van der Waals surface area contributed by atoms with Gasteiger partial charge in [0.15, 0.2) is 11.5 Å². The van der Waals surface area contributed by atoms with Crippen molar-refractivity contribution in [3.05, 3.63) is 27.8 Å². The van der Waals surface area contributed by atoms with Crippen molar-refractivity contribution in [3.8, 4) is 11.5 Å².